The zero-order valence-electron chi connectivity index (χ0n) is 11.9. The van der Waals surface area contributed by atoms with Crippen LogP contribution in [-0.2, 0) is 9.53 Å². The average Bonchev–Trinajstić information content (AvgIpc) is 2.96. The molecule has 2 aliphatic rings. The summed E-state index contributed by atoms with van der Waals surface area (Å²) >= 11 is 0. The number of carbonyl (C=O) groups is 1. The predicted molar refractivity (Wildman–Crippen MR) is 78.5 cm³/mol. The highest BCUT2D eigenvalue weighted by Gasteiger charge is 2.37. The summed E-state index contributed by atoms with van der Waals surface area (Å²) in [7, 11) is 0. The highest BCUT2D eigenvalue weighted by Crippen LogP contribution is 2.35. The lowest BCUT2D eigenvalue weighted by molar-refractivity contribution is -0.124. The van der Waals surface area contributed by atoms with Crippen LogP contribution in [-0.4, -0.2) is 25.2 Å². The topological polar surface area (TPSA) is 55.6 Å². The molecule has 1 aromatic carbocycles. The molecule has 0 saturated carbocycles. The molecule has 20 heavy (non-hydrogen) atoms. The molecule has 108 valence electrons. The van der Waals surface area contributed by atoms with Crippen LogP contribution >= 0.6 is 0 Å². The molecule has 0 radical (unpaired) electrons. The lowest BCUT2D eigenvalue weighted by Gasteiger charge is -2.35. The molecule has 4 heteroatoms. The van der Waals surface area contributed by atoms with Crippen LogP contribution in [0.5, 0.6) is 0 Å². The highest BCUT2D eigenvalue weighted by molar-refractivity contribution is 5.96. The number of anilines is 1. The fourth-order valence-electron chi connectivity index (χ4n) is 3.35. The lowest BCUT2D eigenvalue weighted by atomic mass is 9.93. The van der Waals surface area contributed by atoms with Crippen molar-refractivity contribution in [3.63, 3.8) is 0 Å². The van der Waals surface area contributed by atoms with Crippen molar-refractivity contribution in [3.8, 4) is 0 Å². The maximum atomic E-state index is 12.8. The maximum Gasteiger partial charge on any atom is 0.232 e. The molecule has 1 amide bonds. The van der Waals surface area contributed by atoms with Crippen molar-refractivity contribution < 1.29 is 9.53 Å². The van der Waals surface area contributed by atoms with Crippen molar-refractivity contribution in [2.45, 2.75) is 38.3 Å². The van der Waals surface area contributed by atoms with Crippen LogP contribution < -0.4 is 10.6 Å². The van der Waals surface area contributed by atoms with E-state index in [0.717, 1.165) is 30.5 Å². The van der Waals surface area contributed by atoms with Gasteiger partial charge in [-0.05, 0) is 30.9 Å². The molecule has 2 heterocycles. The summed E-state index contributed by atoms with van der Waals surface area (Å²) in [5.74, 6) is 0.205. The van der Waals surface area contributed by atoms with Crippen molar-refractivity contribution in [2.75, 3.05) is 18.1 Å². The molecule has 0 aliphatic carbocycles. The van der Waals surface area contributed by atoms with E-state index in [0.29, 0.717) is 13.2 Å². The first kappa shape index (κ1) is 13.6. The maximum absolute atomic E-state index is 12.8. The Morgan fingerprint density at radius 3 is 3.00 bits per heavy atom. The fraction of sp³-hybridized carbons (Fsp3) is 0.562. The summed E-state index contributed by atoms with van der Waals surface area (Å²) < 4.78 is 5.66. The van der Waals surface area contributed by atoms with Crippen LogP contribution in [0.15, 0.2) is 24.3 Å². The van der Waals surface area contributed by atoms with Crippen molar-refractivity contribution in [3.05, 3.63) is 29.8 Å². The van der Waals surface area contributed by atoms with Crippen LogP contribution in [0, 0.1) is 5.92 Å². The van der Waals surface area contributed by atoms with Gasteiger partial charge >= 0.3 is 0 Å². The van der Waals surface area contributed by atoms with E-state index in [1.165, 1.54) is 0 Å². The molecule has 2 aliphatic heterocycles. The number of ether oxygens (including phenoxy) is 1. The van der Waals surface area contributed by atoms with E-state index in [-0.39, 0.29) is 24.0 Å². The largest absolute Gasteiger partial charge is 0.377 e. The molecule has 4 nitrogen and oxygen atoms in total. The van der Waals surface area contributed by atoms with Crippen LogP contribution in [0.25, 0.3) is 0 Å². The number of carbonyl (C=O) groups excluding carboxylic acids is 1. The van der Waals surface area contributed by atoms with Gasteiger partial charge in [-0.3, -0.25) is 4.79 Å². The fourth-order valence-corrected chi connectivity index (χ4v) is 3.35. The third-order valence-electron chi connectivity index (χ3n) is 4.49. The van der Waals surface area contributed by atoms with Gasteiger partial charge in [0.15, 0.2) is 0 Å². The number of hydrogen-bond acceptors (Lipinski definition) is 3. The number of nitrogens with zero attached hydrogens (tertiary/aromatic N) is 1. The number of hydrogen-bond donors (Lipinski definition) is 1. The van der Waals surface area contributed by atoms with Gasteiger partial charge < -0.3 is 15.4 Å². The Morgan fingerprint density at radius 2 is 2.20 bits per heavy atom. The number of nitrogens with two attached hydrogens (primary N) is 1. The van der Waals surface area contributed by atoms with Gasteiger partial charge in [0.1, 0.15) is 0 Å². The van der Waals surface area contributed by atoms with E-state index in [4.69, 9.17) is 10.5 Å². The van der Waals surface area contributed by atoms with Gasteiger partial charge in [-0.2, -0.15) is 0 Å². The summed E-state index contributed by atoms with van der Waals surface area (Å²) in [6.07, 6.45) is 2.63. The van der Waals surface area contributed by atoms with E-state index < -0.39 is 0 Å². The third kappa shape index (κ3) is 2.23. The molecule has 3 rings (SSSR count). The zero-order chi connectivity index (χ0) is 14.1. The van der Waals surface area contributed by atoms with E-state index in [1.54, 1.807) is 0 Å². The minimum Gasteiger partial charge on any atom is -0.377 e. The molecule has 0 aromatic heterocycles. The van der Waals surface area contributed by atoms with Gasteiger partial charge in [-0.25, -0.2) is 0 Å². The molecule has 0 bridgehead atoms. The third-order valence-corrected chi connectivity index (χ3v) is 4.49. The smallest absolute Gasteiger partial charge is 0.232 e. The van der Waals surface area contributed by atoms with E-state index >= 15 is 0 Å². The second kappa shape index (κ2) is 5.54. The minimum atomic E-state index is 0.00220. The molecule has 0 spiro atoms. The Hall–Kier alpha value is -1.39. The van der Waals surface area contributed by atoms with E-state index in [9.17, 15) is 4.79 Å². The number of amides is 1. The van der Waals surface area contributed by atoms with E-state index in [2.05, 4.69) is 6.92 Å². The van der Waals surface area contributed by atoms with Gasteiger partial charge in [-0.15, -0.1) is 0 Å². The summed E-state index contributed by atoms with van der Waals surface area (Å²) in [6.45, 7) is 3.49. The molecule has 3 unspecified atom stereocenters. The Morgan fingerprint density at radius 1 is 1.40 bits per heavy atom. The molecular weight excluding hydrogens is 252 g/mol. The second-order valence-electron chi connectivity index (χ2n) is 5.66. The summed E-state index contributed by atoms with van der Waals surface area (Å²) in [5, 5.41) is 0. The Labute approximate surface area is 119 Å². The average molecular weight is 274 g/mol. The van der Waals surface area contributed by atoms with Gasteiger partial charge in [0, 0.05) is 24.9 Å². The first-order chi connectivity index (χ1) is 9.72. The predicted octanol–water partition coefficient (Wildman–Crippen LogP) is 2.24. The molecule has 3 atom stereocenters. The van der Waals surface area contributed by atoms with Gasteiger partial charge in [0.2, 0.25) is 5.91 Å². The van der Waals surface area contributed by atoms with Gasteiger partial charge in [0.25, 0.3) is 0 Å². The zero-order valence-corrected chi connectivity index (χ0v) is 11.9. The Bertz CT molecular complexity index is 503. The summed E-state index contributed by atoms with van der Waals surface area (Å²) in [5.41, 5.74) is 8.22. The standard InChI is InChI=1S/C16H22N2O2/c1-2-15-12(8-10-20-15)16(19)18-9-7-13(17)11-5-3-4-6-14(11)18/h3-6,12-13,15H,2,7-10,17H2,1H3. The van der Waals surface area contributed by atoms with Crippen molar-refractivity contribution in [1.82, 2.24) is 0 Å². The SMILES string of the molecule is CCC1OCCC1C(=O)N1CCC(N)c2ccccc21. The first-order valence-corrected chi connectivity index (χ1v) is 7.50. The Kier molecular flexibility index (Phi) is 3.76. The number of fused-ring (bicyclic) bond motifs is 1. The van der Waals surface area contributed by atoms with Gasteiger partial charge in [0.05, 0.1) is 12.0 Å². The molecule has 1 aromatic rings. The monoisotopic (exact) mass is 274 g/mol. The molecular formula is C16H22N2O2. The molecule has 2 N–H and O–H groups in total. The second-order valence-corrected chi connectivity index (χ2v) is 5.66. The van der Waals surface area contributed by atoms with Crippen LogP contribution in [0.1, 0.15) is 37.8 Å². The normalized spacial score (nSPS) is 29.3. The Balaban J connectivity index is 1.88. The number of benzene rings is 1. The molecule has 1 fully saturated rings. The quantitative estimate of drug-likeness (QED) is 0.900. The number of para-hydroxylation sites is 1. The van der Waals surface area contributed by atoms with Gasteiger partial charge in [-0.1, -0.05) is 25.1 Å². The van der Waals surface area contributed by atoms with Crippen LogP contribution in [0.3, 0.4) is 0 Å². The first-order valence-electron chi connectivity index (χ1n) is 7.50. The van der Waals surface area contributed by atoms with Crippen molar-refractivity contribution >= 4 is 11.6 Å². The van der Waals surface area contributed by atoms with E-state index in [1.807, 2.05) is 29.2 Å². The van der Waals surface area contributed by atoms with Crippen molar-refractivity contribution in [2.24, 2.45) is 11.7 Å². The summed E-state index contributed by atoms with van der Waals surface area (Å²) in [6, 6.07) is 8.03. The summed E-state index contributed by atoms with van der Waals surface area (Å²) in [4.78, 5) is 14.8. The number of rotatable bonds is 2. The lowest BCUT2D eigenvalue weighted by Crippen LogP contribution is -2.43. The van der Waals surface area contributed by atoms with Crippen LogP contribution in [0.4, 0.5) is 5.69 Å². The van der Waals surface area contributed by atoms with Crippen LogP contribution in [0.2, 0.25) is 0 Å². The van der Waals surface area contributed by atoms with Crippen molar-refractivity contribution in [1.29, 1.82) is 0 Å². The minimum absolute atomic E-state index is 0.00220. The molecule has 1 saturated heterocycles. The highest BCUT2D eigenvalue weighted by atomic mass is 16.5.